The maximum atomic E-state index is 11.5. The highest BCUT2D eigenvalue weighted by Crippen LogP contribution is 2.00. The standard InChI is InChI=1S/C14H21NO2/c1-3-7-14(16)15(2)10-11-17-12-13-8-5-4-6-9-13/h4-6,8-9H,3,7,10-12H2,1-2H3. The van der Waals surface area contributed by atoms with Gasteiger partial charge in [0.2, 0.25) is 5.91 Å². The fourth-order valence-corrected chi connectivity index (χ4v) is 1.50. The van der Waals surface area contributed by atoms with E-state index in [-0.39, 0.29) is 5.91 Å². The van der Waals surface area contributed by atoms with Crippen molar-refractivity contribution in [1.29, 1.82) is 0 Å². The minimum atomic E-state index is 0.191. The van der Waals surface area contributed by atoms with Crippen molar-refractivity contribution in [1.82, 2.24) is 4.90 Å². The van der Waals surface area contributed by atoms with Crippen LogP contribution < -0.4 is 0 Å². The van der Waals surface area contributed by atoms with E-state index in [2.05, 4.69) is 0 Å². The second kappa shape index (κ2) is 7.85. The molecule has 0 aliphatic heterocycles. The zero-order valence-electron chi connectivity index (χ0n) is 10.7. The van der Waals surface area contributed by atoms with Crippen LogP contribution in [0.1, 0.15) is 25.3 Å². The molecule has 17 heavy (non-hydrogen) atoms. The number of benzene rings is 1. The monoisotopic (exact) mass is 235 g/mol. The molecule has 0 aliphatic carbocycles. The number of rotatable bonds is 7. The minimum absolute atomic E-state index is 0.191. The van der Waals surface area contributed by atoms with Gasteiger partial charge in [0.1, 0.15) is 0 Å². The van der Waals surface area contributed by atoms with Crippen LogP contribution in [0.4, 0.5) is 0 Å². The molecule has 0 heterocycles. The largest absolute Gasteiger partial charge is 0.375 e. The van der Waals surface area contributed by atoms with Crippen molar-refractivity contribution >= 4 is 5.91 Å². The van der Waals surface area contributed by atoms with Gasteiger partial charge in [-0.2, -0.15) is 0 Å². The summed E-state index contributed by atoms with van der Waals surface area (Å²) in [4.78, 5) is 13.2. The number of hydrogen-bond donors (Lipinski definition) is 0. The number of amides is 1. The summed E-state index contributed by atoms with van der Waals surface area (Å²) in [5, 5.41) is 0. The number of ether oxygens (including phenoxy) is 1. The Hall–Kier alpha value is -1.35. The first kappa shape index (κ1) is 13.7. The number of nitrogens with zero attached hydrogens (tertiary/aromatic N) is 1. The maximum Gasteiger partial charge on any atom is 0.222 e. The average molecular weight is 235 g/mol. The highest BCUT2D eigenvalue weighted by Gasteiger charge is 2.06. The second-order valence-corrected chi connectivity index (χ2v) is 4.10. The Bertz CT molecular complexity index is 324. The van der Waals surface area contributed by atoms with Crippen LogP contribution in [0.2, 0.25) is 0 Å². The highest BCUT2D eigenvalue weighted by atomic mass is 16.5. The summed E-state index contributed by atoms with van der Waals surface area (Å²) in [6.07, 6.45) is 1.52. The third-order valence-electron chi connectivity index (χ3n) is 2.57. The third-order valence-corrected chi connectivity index (χ3v) is 2.57. The topological polar surface area (TPSA) is 29.5 Å². The molecule has 0 aliphatic rings. The lowest BCUT2D eigenvalue weighted by Gasteiger charge is -2.16. The summed E-state index contributed by atoms with van der Waals surface area (Å²) in [6.45, 7) is 3.86. The fourth-order valence-electron chi connectivity index (χ4n) is 1.50. The summed E-state index contributed by atoms with van der Waals surface area (Å²) >= 11 is 0. The first-order valence-electron chi connectivity index (χ1n) is 6.09. The molecule has 3 heteroatoms. The van der Waals surface area contributed by atoms with Crippen molar-refractivity contribution in [2.45, 2.75) is 26.4 Å². The van der Waals surface area contributed by atoms with E-state index < -0.39 is 0 Å². The molecule has 94 valence electrons. The Morgan fingerprint density at radius 3 is 2.65 bits per heavy atom. The molecule has 0 N–H and O–H groups in total. The van der Waals surface area contributed by atoms with Gasteiger partial charge in [0.05, 0.1) is 13.2 Å². The van der Waals surface area contributed by atoms with Gasteiger partial charge in [-0.1, -0.05) is 37.3 Å². The van der Waals surface area contributed by atoms with Crippen molar-refractivity contribution in [2.75, 3.05) is 20.2 Å². The highest BCUT2D eigenvalue weighted by molar-refractivity contribution is 5.75. The molecule has 3 nitrogen and oxygen atoms in total. The quantitative estimate of drug-likeness (QED) is 0.679. The van der Waals surface area contributed by atoms with Crippen molar-refractivity contribution in [3.63, 3.8) is 0 Å². The van der Waals surface area contributed by atoms with Crippen molar-refractivity contribution in [2.24, 2.45) is 0 Å². The van der Waals surface area contributed by atoms with Gasteiger partial charge in [0, 0.05) is 20.0 Å². The zero-order chi connectivity index (χ0) is 12.5. The Morgan fingerprint density at radius 1 is 1.29 bits per heavy atom. The van der Waals surface area contributed by atoms with Crippen molar-refractivity contribution < 1.29 is 9.53 Å². The molecule has 0 spiro atoms. The smallest absolute Gasteiger partial charge is 0.222 e. The van der Waals surface area contributed by atoms with Gasteiger partial charge < -0.3 is 9.64 Å². The molecular formula is C14H21NO2. The van der Waals surface area contributed by atoms with Crippen LogP contribution in [0.5, 0.6) is 0 Å². The van der Waals surface area contributed by atoms with Crippen LogP contribution in [-0.2, 0) is 16.1 Å². The van der Waals surface area contributed by atoms with E-state index in [0.717, 1.165) is 12.0 Å². The first-order valence-corrected chi connectivity index (χ1v) is 6.09. The summed E-state index contributed by atoms with van der Waals surface area (Å²) in [5.74, 6) is 0.191. The van der Waals surface area contributed by atoms with Crippen LogP contribution in [0.25, 0.3) is 0 Å². The van der Waals surface area contributed by atoms with Gasteiger partial charge >= 0.3 is 0 Å². The Labute approximate surface area is 103 Å². The molecule has 1 amide bonds. The van der Waals surface area contributed by atoms with Crippen LogP contribution in [0.15, 0.2) is 30.3 Å². The maximum absolute atomic E-state index is 11.5. The van der Waals surface area contributed by atoms with Crippen LogP contribution in [0, 0.1) is 0 Å². The molecule has 0 aromatic heterocycles. The van der Waals surface area contributed by atoms with E-state index in [4.69, 9.17) is 4.74 Å². The summed E-state index contributed by atoms with van der Waals surface area (Å²) < 4.78 is 5.52. The molecule has 0 unspecified atom stereocenters. The SMILES string of the molecule is CCCC(=O)N(C)CCOCc1ccccc1. The number of carbonyl (C=O) groups excluding carboxylic acids is 1. The first-order chi connectivity index (χ1) is 8.24. The number of likely N-dealkylation sites (N-methyl/N-ethyl adjacent to an activating group) is 1. The van der Waals surface area contributed by atoms with Gasteiger partial charge in [0.25, 0.3) is 0 Å². The number of hydrogen-bond acceptors (Lipinski definition) is 2. The molecule has 1 rings (SSSR count). The molecule has 0 fully saturated rings. The summed E-state index contributed by atoms with van der Waals surface area (Å²) in [5.41, 5.74) is 1.16. The lowest BCUT2D eigenvalue weighted by molar-refractivity contribution is -0.130. The fraction of sp³-hybridized carbons (Fsp3) is 0.500. The van der Waals surface area contributed by atoms with Gasteiger partial charge in [-0.25, -0.2) is 0 Å². The van der Waals surface area contributed by atoms with E-state index in [1.807, 2.05) is 44.3 Å². The lowest BCUT2D eigenvalue weighted by Crippen LogP contribution is -2.29. The normalized spacial score (nSPS) is 10.2. The van der Waals surface area contributed by atoms with Gasteiger partial charge in [0.15, 0.2) is 0 Å². The van der Waals surface area contributed by atoms with Crippen LogP contribution >= 0.6 is 0 Å². The summed E-state index contributed by atoms with van der Waals surface area (Å²) in [7, 11) is 1.82. The molecule has 1 aromatic rings. The predicted molar refractivity (Wildman–Crippen MR) is 68.6 cm³/mol. The molecule has 0 atom stereocenters. The molecule has 0 saturated carbocycles. The Kier molecular flexibility index (Phi) is 6.33. The van der Waals surface area contributed by atoms with Crippen molar-refractivity contribution in [3.05, 3.63) is 35.9 Å². The van der Waals surface area contributed by atoms with Gasteiger partial charge in [-0.15, -0.1) is 0 Å². The van der Waals surface area contributed by atoms with E-state index in [1.165, 1.54) is 0 Å². The Morgan fingerprint density at radius 2 is 2.00 bits per heavy atom. The van der Waals surface area contributed by atoms with E-state index >= 15 is 0 Å². The van der Waals surface area contributed by atoms with E-state index in [9.17, 15) is 4.79 Å². The molecule has 0 bridgehead atoms. The molecule has 0 saturated heterocycles. The van der Waals surface area contributed by atoms with Crippen molar-refractivity contribution in [3.8, 4) is 0 Å². The Balaban J connectivity index is 2.14. The van der Waals surface area contributed by atoms with Gasteiger partial charge in [-0.05, 0) is 12.0 Å². The van der Waals surface area contributed by atoms with Crippen LogP contribution in [-0.4, -0.2) is 31.0 Å². The molecule has 0 radical (unpaired) electrons. The third kappa shape index (κ3) is 5.50. The summed E-state index contributed by atoms with van der Waals surface area (Å²) in [6, 6.07) is 10.0. The molecular weight excluding hydrogens is 214 g/mol. The predicted octanol–water partition coefficient (Wildman–Crippen LogP) is 2.46. The van der Waals surface area contributed by atoms with Crippen LogP contribution in [0.3, 0.4) is 0 Å². The number of carbonyl (C=O) groups is 1. The minimum Gasteiger partial charge on any atom is -0.375 e. The van der Waals surface area contributed by atoms with E-state index in [1.54, 1.807) is 4.90 Å². The van der Waals surface area contributed by atoms with E-state index in [0.29, 0.717) is 26.2 Å². The average Bonchev–Trinajstić information content (AvgIpc) is 2.36. The zero-order valence-corrected chi connectivity index (χ0v) is 10.7. The lowest BCUT2D eigenvalue weighted by atomic mass is 10.2. The van der Waals surface area contributed by atoms with Gasteiger partial charge in [-0.3, -0.25) is 4.79 Å². The second-order valence-electron chi connectivity index (χ2n) is 4.10. The molecule has 1 aromatic carbocycles.